The second kappa shape index (κ2) is 4.70. The van der Waals surface area contributed by atoms with E-state index in [2.05, 4.69) is 0 Å². The fourth-order valence-electron chi connectivity index (χ4n) is 2.34. The highest BCUT2D eigenvalue weighted by Crippen LogP contribution is 2.36. The first-order chi connectivity index (χ1) is 9.23. The van der Waals surface area contributed by atoms with Crippen LogP contribution in [0.25, 0.3) is 0 Å². The Morgan fingerprint density at radius 3 is 2.30 bits per heavy atom. The Hall–Kier alpha value is -2.24. The molecule has 1 N–H and O–H groups in total. The van der Waals surface area contributed by atoms with Crippen molar-refractivity contribution < 1.29 is 23.9 Å². The molecule has 2 rings (SSSR count). The third kappa shape index (κ3) is 2.41. The molecule has 6 heteroatoms. The summed E-state index contributed by atoms with van der Waals surface area (Å²) in [6, 6.07) is 3.42. The van der Waals surface area contributed by atoms with E-state index in [-0.39, 0.29) is 12.8 Å². The van der Waals surface area contributed by atoms with Crippen molar-refractivity contribution in [3.8, 4) is 0 Å². The summed E-state index contributed by atoms with van der Waals surface area (Å²) in [5.41, 5.74) is -1.36. The third-order valence-corrected chi connectivity index (χ3v) is 3.20. The monoisotopic (exact) mass is 279 g/mol. The summed E-state index contributed by atoms with van der Waals surface area (Å²) in [6.45, 7) is 3.53. The lowest BCUT2D eigenvalue weighted by Crippen LogP contribution is -2.47. The number of anilines is 1. The highest BCUT2D eigenvalue weighted by atomic mass is 19.1. The minimum absolute atomic E-state index is 0.0616. The molecular weight excluding hydrogens is 265 g/mol. The van der Waals surface area contributed by atoms with Crippen molar-refractivity contribution in [1.82, 2.24) is 0 Å². The largest absolute Gasteiger partial charge is 0.478 e. The van der Waals surface area contributed by atoms with Crippen molar-refractivity contribution >= 4 is 23.5 Å². The summed E-state index contributed by atoms with van der Waals surface area (Å²) in [6.07, 6.45) is 0.123. The number of piperidine rings is 1. The molecule has 0 radical (unpaired) electrons. The molecule has 5 nitrogen and oxygen atoms in total. The number of carboxylic acid groups (broad SMARTS) is 1. The van der Waals surface area contributed by atoms with Gasteiger partial charge in [0.2, 0.25) is 11.8 Å². The highest BCUT2D eigenvalue weighted by Gasteiger charge is 2.40. The number of halogens is 1. The SMILES string of the molecule is CC1(C)CC(=O)N(c2c(F)cccc2C(=O)O)C(=O)C1. The average Bonchev–Trinajstić information content (AvgIpc) is 2.28. The van der Waals surface area contributed by atoms with E-state index in [0.29, 0.717) is 4.90 Å². The van der Waals surface area contributed by atoms with Gasteiger partial charge >= 0.3 is 5.97 Å². The van der Waals surface area contributed by atoms with Crippen LogP contribution in [0.2, 0.25) is 0 Å². The maximum Gasteiger partial charge on any atom is 0.337 e. The Kier molecular flexibility index (Phi) is 3.33. The van der Waals surface area contributed by atoms with Crippen LogP contribution in [0.1, 0.15) is 37.0 Å². The summed E-state index contributed by atoms with van der Waals surface area (Å²) < 4.78 is 13.9. The van der Waals surface area contributed by atoms with Gasteiger partial charge in [-0.05, 0) is 17.5 Å². The molecule has 1 aromatic rings. The topological polar surface area (TPSA) is 74.7 Å². The van der Waals surface area contributed by atoms with E-state index in [0.717, 1.165) is 6.07 Å². The van der Waals surface area contributed by atoms with Gasteiger partial charge in [0.05, 0.1) is 5.56 Å². The van der Waals surface area contributed by atoms with E-state index in [1.54, 1.807) is 13.8 Å². The van der Waals surface area contributed by atoms with E-state index in [1.165, 1.54) is 12.1 Å². The van der Waals surface area contributed by atoms with E-state index in [9.17, 15) is 18.8 Å². The smallest absolute Gasteiger partial charge is 0.337 e. The van der Waals surface area contributed by atoms with Crippen molar-refractivity contribution in [2.75, 3.05) is 4.90 Å². The minimum Gasteiger partial charge on any atom is -0.478 e. The number of carbonyl (C=O) groups excluding carboxylic acids is 2. The number of carboxylic acids is 1. The van der Waals surface area contributed by atoms with Crippen LogP contribution < -0.4 is 4.90 Å². The number of imide groups is 1. The minimum atomic E-state index is -1.38. The predicted molar refractivity (Wildman–Crippen MR) is 68.9 cm³/mol. The molecule has 0 spiro atoms. The molecule has 0 aromatic heterocycles. The molecule has 1 aliphatic heterocycles. The molecule has 0 saturated carbocycles. The van der Waals surface area contributed by atoms with Crippen LogP contribution in [-0.2, 0) is 9.59 Å². The first kappa shape index (κ1) is 14.2. The van der Waals surface area contributed by atoms with Gasteiger partial charge in [-0.2, -0.15) is 0 Å². The van der Waals surface area contributed by atoms with E-state index in [1.807, 2.05) is 0 Å². The molecule has 0 aliphatic carbocycles. The van der Waals surface area contributed by atoms with E-state index >= 15 is 0 Å². The number of hydrogen-bond donors (Lipinski definition) is 1. The van der Waals surface area contributed by atoms with Gasteiger partial charge in [-0.25, -0.2) is 14.1 Å². The van der Waals surface area contributed by atoms with Crippen LogP contribution in [0, 0.1) is 11.2 Å². The lowest BCUT2D eigenvalue weighted by atomic mass is 9.81. The number of benzene rings is 1. The van der Waals surface area contributed by atoms with Gasteiger partial charge in [-0.1, -0.05) is 19.9 Å². The molecule has 1 aromatic carbocycles. The highest BCUT2D eigenvalue weighted by molar-refractivity contribution is 6.19. The lowest BCUT2D eigenvalue weighted by Gasteiger charge is -2.35. The molecule has 20 heavy (non-hydrogen) atoms. The summed E-state index contributed by atoms with van der Waals surface area (Å²) in [5, 5.41) is 9.08. The number of carbonyl (C=O) groups is 3. The van der Waals surface area contributed by atoms with Crippen molar-refractivity contribution in [2.24, 2.45) is 5.41 Å². The van der Waals surface area contributed by atoms with Crippen LogP contribution in [0.5, 0.6) is 0 Å². The molecule has 2 amide bonds. The van der Waals surface area contributed by atoms with Crippen LogP contribution in [0.4, 0.5) is 10.1 Å². The lowest BCUT2D eigenvalue weighted by molar-refractivity contribution is -0.132. The number of amides is 2. The molecule has 0 bridgehead atoms. The molecule has 0 atom stereocenters. The number of rotatable bonds is 2. The second-order valence-corrected chi connectivity index (χ2v) is 5.58. The van der Waals surface area contributed by atoms with Crippen molar-refractivity contribution in [3.05, 3.63) is 29.6 Å². The Morgan fingerprint density at radius 2 is 1.80 bits per heavy atom. The van der Waals surface area contributed by atoms with Crippen molar-refractivity contribution in [2.45, 2.75) is 26.7 Å². The van der Waals surface area contributed by atoms with Gasteiger partial charge in [0.1, 0.15) is 11.5 Å². The van der Waals surface area contributed by atoms with E-state index < -0.39 is 40.3 Å². The summed E-state index contributed by atoms with van der Waals surface area (Å²) in [5.74, 6) is -3.45. The second-order valence-electron chi connectivity index (χ2n) is 5.58. The zero-order chi connectivity index (χ0) is 15.1. The fourth-order valence-corrected chi connectivity index (χ4v) is 2.34. The Labute approximate surface area is 115 Å². The fraction of sp³-hybridized carbons (Fsp3) is 0.357. The van der Waals surface area contributed by atoms with Crippen molar-refractivity contribution in [1.29, 1.82) is 0 Å². The summed E-state index contributed by atoms with van der Waals surface area (Å²) in [4.78, 5) is 36.0. The third-order valence-electron chi connectivity index (χ3n) is 3.20. The number of nitrogens with zero attached hydrogens (tertiary/aromatic N) is 1. The van der Waals surface area contributed by atoms with Crippen LogP contribution >= 0.6 is 0 Å². The number of aromatic carboxylic acids is 1. The van der Waals surface area contributed by atoms with Crippen LogP contribution in [0.15, 0.2) is 18.2 Å². The Bertz CT molecular complexity index is 589. The predicted octanol–water partition coefficient (Wildman–Crippen LogP) is 2.20. The number of hydrogen-bond acceptors (Lipinski definition) is 3. The Morgan fingerprint density at radius 1 is 1.25 bits per heavy atom. The molecule has 1 fully saturated rings. The Balaban J connectivity index is 2.54. The van der Waals surface area contributed by atoms with Crippen LogP contribution in [0.3, 0.4) is 0 Å². The van der Waals surface area contributed by atoms with Gasteiger partial charge < -0.3 is 5.11 Å². The molecular formula is C14H14FNO4. The number of para-hydroxylation sites is 1. The van der Waals surface area contributed by atoms with Crippen molar-refractivity contribution in [3.63, 3.8) is 0 Å². The maximum absolute atomic E-state index is 13.9. The van der Waals surface area contributed by atoms with Gasteiger partial charge in [0, 0.05) is 12.8 Å². The zero-order valence-electron chi connectivity index (χ0n) is 11.1. The first-order valence-corrected chi connectivity index (χ1v) is 6.10. The molecule has 1 saturated heterocycles. The normalized spacial score (nSPS) is 18.2. The quantitative estimate of drug-likeness (QED) is 0.842. The summed E-state index contributed by atoms with van der Waals surface area (Å²) in [7, 11) is 0. The van der Waals surface area contributed by atoms with Gasteiger partial charge in [-0.15, -0.1) is 0 Å². The molecule has 1 aliphatic rings. The molecule has 0 unspecified atom stereocenters. The maximum atomic E-state index is 13.9. The van der Waals surface area contributed by atoms with Gasteiger partial charge in [0.25, 0.3) is 0 Å². The summed E-state index contributed by atoms with van der Waals surface area (Å²) >= 11 is 0. The average molecular weight is 279 g/mol. The zero-order valence-corrected chi connectivity index (χ0v) is 11.1. The molecule has 106 valence electrons. The first-order valence-electron chi connectivity index (χ1n) is 6.10. The van der Waals surface area contributed by atoms with Gasteiger partial charge in [-0.3, -0.25) is 9.59 Å². The standard InChI is InChI=1S/C14H14FNO4/c1-14(2)6-10(17)16(11(18)7-14)12-8(13(19)20)4-3-5-9(12)15/h3-5H,6-7H2,1-2H3,(H,19,20). The molecule has 1 heterocycles. The van der Waals surface area contributed by atoms with Gasteiger partial charge in [0.15, 0.2) is 0 Å². The van der Waals surface area contributed by atoms with E-state index in [4.69, 9.17) is 5.11 Å². The van der Waals surface area contributed by atoms with Crippen LogP contribution in [-0.4, -0.2) is 22.9 Å².